The Morgan fingerprint density at radius 1 is 1.30 bits per heavy atom. The summed E-state index contributed by atoms with van der Waals surface area (Å²) in [4.78, 5) is 0. The lowest BCUT2D eigenvalue weighted by Crippen LogP contribution is -2.07. The SMILES string of the molecule is [AlH2][C](=S)Nc1ccccc1. The lowest BCUT2D eigenvalue weighted by Gasteiger charge is -2.01. The normalized spacial score (nSPS) is 8.80. The molecule has 0 saturated carbocycles. The minimum atomic E-state index is 0.924. The minimum absolute atomic E-state index is 0.924. The van der Waals surface area contributed by atoms with Crippen LogP contribution in [0.15, 0.2) is 30.3 Å². The van der Waals surface area contributed by atoms with Crippen molar-refractivity contribution in [2.45, 2.75) is 0 Å². The Morgan fingerprint density at radius 2 is 1.90 bits per heavy atom. The van der Waals surface area contributed by atoms with Crippen LogP contribution in [0.1, 0.15) is 0 Å². The lowest BCUT2D eigenvalue weighted by molar-refractivity contribution is 1.66. The molecule has 1 N–H and O–H groups in total. The van der Waals surface area contributed by atoms with E-state index in [-0.39, 0.29) is 0 Å². The predicted molar refractivity (Wildman–Crippen MR) is 51.2 cm³/mol. The molecule has 50 valence electrons. The van der Waals surface area contributed by atoms with E-state index in [4.69, 9.17) is 12.2 Å². The molecule has 0 aromatic heterocycles. The third-order valence-electron chi connectivity index (χ3n) is 1.09. The topological polar surface area (TPSA) is 12.0 Å². The molecule has 3 heteroatoms. The van der Waals surface area contributed by atoms with Gasteiger partial charge in [0.25, 0.3) is 0 Å². The van der Waals surface area contributed by atoms with E-state index in [2.05, 4.69) is 5.32 Å². The van der Waals surface area contributed by atoms with Gasteiger partial charge < -0.3 is 5.32 Å². The Balaban J connectivity index is 2.67. The zero-order valence-corrected chi connectivity index (χ0v) is 8.61. The highest BCUT2D eigenvalue weighted by atomic mass is 32.1. The van der Waals surface area contributed by atoms with Crippen LogP contribution in [0.5, 0.6) is 0 Å². The molecule has 0 atom stereocenters. The summed E-state index contributed by atoms with van der Waals surface area (Å²) in [5.41, 5.74) is 1.09. The Bertz CT molecular complexity index is 222. The van der Waals surface area contributed by atoms with E-state index in [1.165, 1.54) is 0 Å². The van der Waals surface area contributed by atoms with Gasteiger partial charge in [0.2, 0.25) is 0 Å². The molecule has 1 rings (SSSR count). The molecule has 0 aliphatic heterocycles. The summed E-state index contributed by atoms with van der Waals surface area (Å²) in [6.45, 7) is 0. The summed E-state index contributed by atoms with van der Waals surface area (Å²) in [5, 5.41) is 3.10. The molecular formula is C7H8AlNS. The van der Waals surface area contributed by atoms with Crippen molar-refractivity contribution in [1.29, 1.82) is 0 Å². The first-order valence-corrected chi connectivity index (χ1v) is 4.52. The molecule has 0 spiro atoms. The average Bonchev–Trinajstić information content (AvgIpc) is 1.88. The van der Waals surface area contributed by atoms with Gasteiger partial charge in [-0.2, -0.15) is 0 Å². The van der Waals surface area contributed by atoms with Gasteiger partial charge in [-0.25, -0.2) is 0 Å². The van der Waals surface area contributed by atoms with Crippen LogP contribution < -0.4 is 5.32 Å². The van der Waals surface area contributed by atoms with Gasteiger partial charge in [0.1, 0.15) is 0 Å². The highest BCUT2D eigenvalue weighted by Crippen LogP contribution is 2.03. The lowest BCUT2D eigenvalue weighted by atomic mass is 10.3. The second kappa shape index (κ2) is 3.72. The summed E-state index contributed by atoms with van der Waals surface area (Å²) in [6.07, 6.45) is 0. The van der Waals surface area contributed by atoms with Gasteiger partial charge in [0.15, 0.2) is 0 Å². The second-order valence-corrected chi connectivity index (χ2v) is 4.38. The number of rotatable bonds is 1. The van der Waals surface area contributed by atoms with E-state index in [0.717, 1.165) is 25.8 Å². The molecule has 1 nitrogen and oxygen atoms in total. The number of para-hydroxylation sites is 1. The highest BCUT2D eigenvalue weighted by molar-refractivity contribution is 7.83. The van der Waals surface area contributed by atoms with Crippen molar-refractivity contribution in [3.8, 4) is 0 Å². The molecular weight excluding hydrogens is 157 g/mol. The van der Waals surface area contributed by atoms with E-state index < -0.39 is 0 Å². The van der Waals surface area contributed by atoms with Crippen molar-refractivity contribution in [3.63, 3.8) is 0 Å². The standard InChI is InChI=1S/C7H6NS.Al.2H/c9-6-8-7-4-2-1-3-5-7;;;/h1-5H,(H,8,9);;;. The molecule has 0 radical (unpaired) electrons. The third-order valence-corrected chi connectivity index (χ3v) is 1.45. The fourth-order valence-electron chi connectivity index (χ4n) is 0.725. The smallest absolute Gasteiger partial charge is 0.304 e. The molecule has 0 saturated heterocycles. The summed E-state index contributed by atoms with van der Waals surface area (Å²) < 4.78 is 0.936. The van der Waals surface area contributed by atoms with Gasteiger partial charge >= 0.3 is 16.3 Å². The largest absolute Gasteiger partial charge is 0.366 e. The Morgan fingerprint density at radius 3 is 2.40 bits per heavy atom. The van der Waals surface area contributed by atoms with Gasteiger partial charge in [-0.15, -0.1) is 0 Å². The van der Waals surface area contributed by atoms with Crippen LogP contribution in [-0.4, -0.2) is 20.1 Å². The van der Waals surface area contributed by atoms with Crippen LogP contribution in [0.4, 0.5) is 5.69 Å². The molecule has 0 heterocycles. The maximum atomic E-state index is 4.93. The van der Waals surface area contributed by atoms with Crippen molar-refractivity contribution in [2.75, 3.05) is 5.32 Å². The van der Waals surface area contributed by atoms with Gasteiger partial charge in [-0.3, -0.25) is 0 Å². The van der Waals surface area contributed by atoms with Crippen LogP contribution in [0.2, 0.25) is 0 Å². The molecule has 1 aromatic rings. The van der Waals surface area contributed by atoms with Crippen molar-refractivity contribution in [2.24, 2.45) is 0 Å². The fraction of sp³-hybridized carbons (Fsp3) is 0. The van der Waals surface area contributed by atoms with Gasteiger partial charge in [0.05, 0.1) is 0 Å². The second-order valence-electron chi connectivity index (χ2n) is 2.05. The molecule has 0 bridgehead atoms. The molecule has 1 aromatic carbocycles. The van der Waals surface area contributed by atoms with Gasteiger partial charge in [-0.1, -0.05) is 30.4 Å². The average molecular weight is 165 g/mol. The molecule has 0 unspecified atom stereocenters. The maximum Gasteiger partial charge on any atom is 0.304 e. The summed E-state index contributed by atoms with van der Waals surface area (Å²) in [5.74, 6) is 0. The monoisotopic (exact) mass is 165 g/mol. The summed E-state index contributed by atoms with van der Waals surface area (Å²) in [7, 11) is 0. The van der Waals surface area contributed by atoms with Crippen LogP contribution in [0, 0.1) is 0 Å². The van der Waals surface area contributed by atoms with E-state index >= 15 is 0 Å². The van der Waals surface area contributed by atoms with Crippen LogP contribution >= 0.6 is 12.2 Å². The number of benzene rings is 1. The molecule has 0 fully saturated rings. The number of anilines is 1. The van der Waals surface area contributed by atoms with Crippen molar-refractivity contribution < 1.29 is 0 Å². The Hall–Kier alpha value is -0.358. The van der Waals surface area contributed by atoms with Crippen molar-refractivity contribution >= 4 is 38.0 Å². The van der Waals surface area contributed by atoms with Crippen molar-refractivity contribution in [3.05, 3.63) is 30.3 Å². The number of hydrogen-bond donors (Lipinski definition) is 1. The molecule has 10 heavy (non-hydrogen) atoms. The number of thiocarbonyl (C=S) groups is 1. The highest BCUT2D eigenvalue weighted by Gasteiger charge is 1.87. The maximum absolute atomic E-state index is 4.93. The van der Waals surface area contributed by atoms with E-state index in [1.807, 2.05) is 30.3 Å². The van der Waals surface area contributed by atoms with Crippen LogP contribution in [0.3, 0.4) is 0 Å². The summed E-state index contributed by atoms with van der Waals surface area (Å²) in [6, 6.07) is 9.97. The summed E-state index contributed by atoms with van der Waals surface area (Å²) >= 11 is 5.85. The number of hydrogen-bond acceptors (Lipinski definition) is 1. The molecule has 0 amide bonds. The third kappa shape index (κ3) is 2.49. The zero-order valence-electron chi connectivity index (χ0n) is 5.79. The molecule has 0 aliphatic rings. The Labute approximate surface area is 73.9 Å². The minimum Gasteiger partial charge on any atom is -0.366 e. The first-order valence-electron chi connectivity index (χ1n) is 3.11. The zero-order chi connectivity index (χ0) is 7.40. The Kier molecular flexibility index (Phi) is 2.88. The number of nitrogens with one attached hydrogen (secondary N) is 1. The molecule has 0 aliphatic carbocycles. The van der Waals surface area contributed by atoms with Gasteiger partial charge in [0, 0.05) is 5.69 Å². The van der Waals surface area contributed by atoms with E-state index in [0.29, 0.717) is 0 Å². The predicted octanol–water partition coefficient (Wildman–Crippen LogP) is 1.02. The van der Waals surface area contributed by atoms with E-state index in [9.17, 15) is 0 Å². The van der Waals surface area contributed by atoms with Crippen LogP contribution in [0.25, 0.3) is 0 Å². The fourth-order valence-corrected chi connectivity index (χ4v) is 1.13. The van der Waals surface area contributed by atoms with Crippen LogP contribution in [-0.2, 0) is 0 Å². The quantitative estimate of drug-likeness (QED) is 0.492. The first-order chi connectivity index (χ1) is 4.79. The first kappa shape index (κ1) is 7.75. The van der Waals surface area contributed by atoms with E-state index in [1.54, 1.807) is 0 Å². The van der Waals surface area contributed by atoms with Gasteiger partial charge in [-0.05, 0) is 16.0 Å². The van der Waals surface area contributed by atoms with Crippen molar-refractivity contribution in [1.82, 2.24) is 0 Å².